The first kappa shape index (κ1) is 8.02. The number of hydrogen-bond acceptors (Lipinski definition) is 2. The van der Waals surface area contributed by atoms with Gasteiger partial charge < -0.3 is 10.4 Å². The molecule has 0 radical (unpaired) electrons. The van der Waals surface area contributed by atoms with Crippen molar-refractivity contribution in [1.82, 2.24) is 5.32 Å². The highest BCUT2D eigenvalue weighted by atomic mass is 16.3. The summed E-state index contributed by atoms with van der Waals surface area (Å²) in [6.45, 7) is 2.49. The predicted octanol–water partition coefficient (Wildman–Crippen LogP) is 0.757. The van der Waals surface area contributed by atoms with Gasteiger partial charge in [0, 0.05) is 11.5 Å². The number of rotatable bonds is 3. The van der Waals surface area contributed by atoms with Crippen molar-refractivity contribution in [1.29, 1.82) is 0 Å². The SMILES string of the molecule is CNC(C)C1(CO)CCC1. The Hall–Kier alpha value is -0.0800. The van der Waals surface area contributed by atoms with Gasteiger partial charge in [-0.3, -0.25) is 0 Å². The molecule has 0 amide bonds. The highest BCUT2D eigenvalue weighted by molar-refractivity contribution is 4.94. The molecule has 1 rings (SSSR count). The molecule has 0 aliphatic heterocycles. The molecule has 0 aromatic heterocycles. The van der Waals surface area contributed by atoms with Gasteiger partial charge in [0.1, 0.15) is 0 Å². The summed E-state index contributed by atoms with van der Waals surface area (Å²) in [5.41, 5.74) is 0.217. The molecule has 0 aromatic carbocycles. The van der Waals surface area contributed by atoms with Crippen molar-refractivity contribution in [2.75, 3.05) is 13.7 Å². The second-order valence-corrected chi connectivity index (χ2v) is 3.38. The van der Waals surface area contributed by atoms with E-state index in [9.17, 15) is 0 Å². The third-order valence-corrected chi connectivity index (χ3v) is 3.02. The van der Waals surface area contributed by atoms with Crippen molar-refractivity contribution < 1.29 is 5.11 Å². The van der Waals surface area contributed by atoms with Gasteiger partial charge in [-0.05, 0) is 26.8 Å². The fraction of sp³-hybridized carbons (Fsp3) is 1.00. The minimum absolute atomic E-state index is 0.217. The Morgan fingerprint density at radius 1 is 1.60 bits per heavy atom. The second-order valence-electron chi connectivity index (χ2n) is 3.38. The molecule has 1 aliphatic carbocycles. The smallest absolute Gasteiger partial charge is 0.0502 e. The van der Waals surface area contributed by atoms with Gasteiger partial charge in [-0.25, -0.2) is 0 Å². The maximum Gasteiger partial charge on any atom is 0.0502 e. The molecule has 2 nitrogen and oxygen atoms in total. The maximum absolute atomic E-state index is 9.10. The summed E-state index contributed by atoms with van der Waals surface area (Å²) in [6.07, 6.45) is 3.66. The monoisotopic (exact) mass is 143 g/mol. The average molecular weight is 143 g/mol. The Morgan fingerprint density at radius 2 is 2.20 bits per heavy atom. The lowest BCUT2D eigenvalue weighted by Gasteiger charge is -2.45. The van der Waals surface area contributed by atoms with E-state index in [4.69, 9.17) is 5.11 Å². The van der Waals surface area contributed by atoms with Crippen LogP contribution in [0.2, 0.25) is 0 Å². The molecule has 1 unspecified atom stereocenters. The average Bonchev–Trinajstić information content (AvgIpc) is 1.86. The van der Waals surface area contributed by atoms with Crippen LogP contribution in [0.4, 0.5) is 0 Å². The first-order valence-corrected chi connectivity index (χ1v) is 4.03. The van der Waals surface area contributed by atoms with Crippen molar-refractivity contribution in [2.45, 2.75) is 32.2 Å². The second kappa shape index (κ2) is 2.89. The third-order valence-electron chi connectivity index (χ3n) is 3.02. The van der Waals surface area contributed by atoms with Crippen LogP contribution in [0.3, 0.4) is 0 Å². The molecule has 2 heteroatoms. The van der Waals surface area contributed by atoms with Crippen LogP contribution < -0.4 is 5.32 Å². The van der Waals surface area contributed by atoms with Crippen molar-refractivity contribution in [3.63, 3.8) is 0 Å². The Morgan fingerprint density at radius 3 is 2.30 bits per heavy atom. The zero-order valence-electron chi connectivity index (χ0n) is 6.85. The predicted molar refractivity (Wildman–Crippen MR) is 41.9 cm³/mol. The van der Waals surface area contributed by atoms with Gasteiger partial charge in [-0.2, -0.15) is 0 Å². The van der Waals surface area contributed by atoms with E-state index < -0.39 is 0 Å². The van der Waals surface area contributed by atoms with E-state index in [0.717, 1.165) is 0 Å². The van der Waals surface area contributed by atoms with E-state index in [1.807, 2.05) is 7.05 Å². The number of aliphatic hydroxyl groups is 1. The highest BCUT2D eigenvalue weighted by Gasteiger charge is 2.40. The summed E-state index contributed by atoms with van der Waals surface area (Å²) in [7, 11) is 1.96. The molecule has 0 spiro atoms. The summed E-state index contributed by atoms with van der Waals surface area (Å²) in [6, 6.07) is 0.464. The van der Waals surface area contributed by atoms with E-state index in [1.54, 1.807) is 0 Å². The van der Waals surface area contributed by atoms with Crippen LogP contribution in [0.25, 0.3) is 0 Å². The van der Waals surface area contributed by atoms with E-state index in [2.05, 4.69) is 12.2 Å². The molecule has 2 N–H and O–H groups in total. The third kappa shape index (κ3) is 1.06. The van der Waals surface area contributed by atoms with Gasteiger partial charge in [0.05, 0.1) is 6.61 Å². The van der Waals surface area contributed by atoms with Gasteiger partial charge in [0.2, 0.25) is 0 Å². The van der Waals surface area contributed by atoms with Crippen LogP contribution in [0.5, 0.6) is 0 Å². The lowest BCUT2D eigenvalue weighted by Crippen LogP contribution is -2.48. The Kier molecular flexibility index (Phi) is 2.32. The van der Waals surface area contributed by atoms with Gasteiger partial charge in [0.15, 0.2) is 0 Å². The number of hydrogen-bond donors (Lipinski definition) is 2. The van der Waals surface area contributed by atoms with Gasteiger partial charge in [-0.15, -0.1) is 0 Å². The van der Waals surface area contributed by atoms with Crippen molar-refractivity contribution >= 4 is 0 Å². The minimum atomic E-state index is 0.217. The van der Waals surface area contributed by atoms with Crippen LogP contribution in [0.15, 0.2) is 0 Å². The van der Waals surface area contributed by atoms with E-state index in [-0.39, 0.29) is 5.41 Å². The quantitative estimate of drug-likeness (QED) is 0.611. The molecule has 1 fully saturated rings. The lowest BCUT2D eigenvalue weighted by molar-refractivity contribution is 0.0148. The Balaban J connectivity index is 2.46. The summed E-state index contributed by atoms with van der Waals surface area (Å²) in [4.78, 5) is 0. The zero-order valence-corrected chi connectivity index (χ0v) is 6.85. The summed E-state index contributed by atoms with van der Waals surface area (Å²) >= 11 is 0. The van der Waals surface area contributed by atoms with Crippen LogP contribution in [-0.4, -0.2) is 24.8 Å². The van der Waals surface area contributed by atoms with Crippen LogP contribution in [0.1, 0.15) is 26.2 Å². The van der Waals surface area contributed by atoms with Crippen molar-refractivity contribution in [3.8, 4) is 0 Å². The Labute approximate surface area is 62.6 Å². The molecule has 10 heavy (non-hydrogen) atoms. The first-order chi connectivity index (χ1) is 4.75. The number of nitrogens with one attached hydrogen (secondary N) is 1. The van der Waals surface area contributed by atoms with Crippen LogP contribution in [-0.2, 0) is 0 Å². The molecular formula is C8H17NO. The minimum Gasteiger partial charge on any atom is -0.396 e. The normalized spacial score (nSPS) is 25.5. The fourth-order valence-corrected chi connectivity index (χ4v) is 1.67. The largest absolute Gasteiger partial charge is 0.396 e. The molecule has 1 aliphatic rings. The molecular weight excluding hydrogens is 126 g/mol. The van der Waals surface area contributed by atoms with Crippen LogP contribution >= 0.6 is 0 Å². The molecule has 1 atom stereocenters. The molecule has 0 aromatic rings. The zero-order chi connectivity index (χ0) is 7.61. The van der Waals surface area contributed by atoms with Gasteiger partial charge in [-0.1, -0.05) is 6.42 Å². The molecule has 0 heterocycles. The highest BCUT2D eigenvalue weighted by Crippen LogP contribution is 2.43. The first-order valence-electron chi connectivity index (χ1n) is 4.03. The standard InChI is InChI=1S/C8H17NO/c1-7(9-2)8(6-10)4-3-5-8/h7,9-10H,3-6H2,1-2H3. The van der Waals surface area contributed by atoms with Crippen molar-refractivity contribution in [2.24, 2.45) is 5.41 Å². The summed E-state index contributed by atoms with van der Waals surface area (Å²) < 4.78 is 0. The number of aliphatic hydroxyl groups excluding tert-OH is 1. The maximum atomic E-state index is 9.10. The van der Waals surface area contributed by atoms with Crippen LogP contribution in [0, 0.1) is 5.41 Å². The molecule has 0 bridgehead atoms. The topological polar surface area (TPSA) is 32.3 Å². The molecule has 1 saturated carbocycles. The van der Waals surface area contributed by atoms with Crippen molar-refractivity contribution in [3.05, 3.63) is 0 Å². The lowest BCUT2D eigenvalue weighted by atomic mass is 9.65. The van der Waals surface area contributed by atoms with E-state index in [0.29, 0.717) is 12.6 Å². The summed E-state index contributed by atoms with van der Waals surface area (Å²) in [5.74, 6) is 0. The van der Waals surface area contributed by atoms with E-state index >= 15 is 0 Å². The molecule has 0 saturated heterocycles. The van der Waals surface area contributed by atoms with E-state index in [1.165, 1.54) is 19.3 Å². The fourth-order valence-electron chi connectivity index (χ4n) is 1.67. The molecule has 60 valence electrons. The summed E-state index contributed by atoms with van der Waals surface area (Å²) in [5, 5.41) is 12.3. The Bertz CT molecular complexity index is 104. The van der Waals surface area contributed by atoms with Gasteiger partial charge in [0.25, 0.3) is 0 Å². The van der Waals surface area contributed by atoms with Gasteiger partial charge >= 0.3 is 0 Å².